The molecular formula is C10H9Cl2NO2. The van der Waals surface area contributed by atoms with Gasteiger partial charge in [-0.15, -0.1) is 0 Å². The van der Waals surface area contributed by atoms with Crippen molar-refractivity contribution in [3.63, 3.8) is 0 Å². The molecule has 0 aliphatic heterocycles. The van der Waals surface area contributed by atoms with Crippen molar-refractivity contribution in [2.24, 2.45) is 5.92 Å². The summed E-state index contributed by atoms with van der Waals surface area (Å²) in [6, 6.07) is 3.06. The first kappa shape index (κ1) is 10.7. The van der Waals surface area contributed by atoms with Gasteiger partial charge in [-0.25, -0.2) is 9.78 Å². The highest BCUT2D eigenvalue weighted by Crippen LogP contribution is 2.29. The first-order valence-electron chi connectivity index (χ1n) is 4.66. The Morgan fingerprint density at radius 1 is 1.47 bits per heavy atom. The van der Waals surface area contributed by atoms with E-state index in [0.29, 0.717) is 12.5 Å². The number of aromatic nitrogens is 1. The lowest BCUT2D eigenvalue weighted by Crippen LogP contribution is -2.10. The van der Waals surface area contributed by atoms with Gasteiger partial charge in [-0.3, -0.25) is 0 Å². The van der Waals surface area contributed by atoms with Crippen molar-refractivity contribution in [3.05, 3.63) is 28.0 Å². The minimum Gasteiger partial charge on any atom is -0.461 e. The normalized spacial score (nSPS) is 15.1. The number of carbonyl (C=O) groups excluding carboxylic acids is 1. The van der Waals surface area contributed by atoms with Crippen LogP contribution in [0.15, 0.2) is 12.1 Å². The first-order chi connectivity index (χ1) is 7.16. The molecular weight excluding hydrogens is 237 g/mol. The lowest BCUT2D eigenvalue weighted by Gasteiger charge is -2.04. The molecule has 5 heteroatoms. The predicted octanol–water partition coefficient (Wildman–Crippen LogP) is 2.96. The van der Waals surface area contributed by atoms with Crippen molar-refractivity contribution in [1.29, 1.82) is 0 Å². The molecule has 1 fully saturated rings. The van der Waals surface area contributed by atoms with E-state index in [-0.39, 0.29) is 15.9 Å². The molecule has 0 radical (unpaired) electrons. The maximum absolute atomic E-state index is 11.5. The number of nitrogens with zero attached hydrogens (tertiary/aromatic N) is 1. The number of rotatable bonds is 3. The number of hydrogen-bond donors (Lipinski definition) is 0. The summed E-state index contributed by atoms with van der Waals surface area (Å²) in [5.74, 6) is 0.0151. The van der Waals surface area contributed by atoms with E-state index < -0.39 is 5.97 Å². The van der Waals surface area contributed by atoms with Gasteiger partial charge in [0.1, 0.15) is 5.15 Å². The molecule has 3 nitrogen and oxygen atoms in total. The van der Waals surface area contributed by atoms with Crippen LogP contribution in [0.1, 0.15) is 23.3 Å². The van der Waals surface area contributed by atoms with Crippen LogP contribution in [0.5, 0.6) is 0 Å². The number of carbonyl (C=O) groups is 1. The molecule has 0 spiro atoms. The van der Waals surface area contributed by atoms with Gasteiger partial charge in [-0.1, -0.05) is 23.2 Å². The molecule has 1 saturated carbocycles. The minimum atomic E-state index is -0.505. The SMILES string of the molecule is O=C(OCC1CC1)c1nc(Cl)ccc1Cl. The fraction of sp³-hybridized carbons (Fsp3) is 0.400. The molecule has 2 rings (SSSR count). The molecule has 0 N–H and O–H groups in total. The Labute approximate surface area is 97.4 Å². The fourth-order valence-corrected chi connectivity index (χ4v) is 1.44. The van der Waals surface area contributed by atoms with Crippen molar-refractivity contribution < 1.29 is 9.53 Å². The third-order valence-corrected chi connectivity index (χ3v) is 2.67. The van der Waals surface area contributed by atoms with Gasteiger partial charge in [0.25, 0.3) is 0 Å². The van der Waals surface area contributed by atoms with Crippen LogP contribution in [0.4, 0.5) is 0 Å². The van der Waals surface area contributed by atoms with Gasteiger partial charge in [0.15, 0.2) is 5.69 Å². The van der Waals surface area contributed by atoms with E-state index in [1.54, 1.807) is 0 Å². The zero-order valence-electron chi connectivity index (χ0n) is 7.87. The molecule has 1 aromatic rings. The summed E-state index contributed by atoms with van der Waals surface area (Å²) in [5, 5.41) is 0.498. The zero-order valence-corrected chi connectivity index (χ0v) is 9.38. The minimum absolute atomic E-state index is 0.0878. The third-order valence-electron chi connectivity index (χ3n) is 2.15. The van der Waals surface area contributed by atoms with Gasteiger partial charge in [0, 0.05) is 0 Å². The second kappa shape index (κ2) is 4.37. The number of hydrogen-bond acceptors (Lipinski definition) is 3. The first-order valence-corrected chi connectivity index (χ1v) is 5.41. The van der Waals surface area contributed by atoms with Gasteiger partial charge in [0.05, 0.1) is 11.6 Å². The molecule has 0 atom stereocenters. The molecule has 1 aliphatic rings. The van der Waals surface area contributed by atoms with E-state index >= 15 is 0 Å². The highest BCUT2D eigenvalue weighted by Gasteiger charge is 2.24. The van der Waals surface area contributed by atoms with Crippen LogP contribution >= 0.6 is 23.2 Å². The van der Waals surface area contributed by atoms with E-state index in [2.05, 4.69) is 4.98 Å². The molecule has 0 saturated heterocycles. The number of halogens is 2. The van der Waals surface area contributed by atoms with E-state index in [1.165, 1.54) is 12.1 Å². The quantitative estimate of drug-likeness (QED) is 0.608. The average Bonchev–Trinajstić information content (AvgIpc) is 3.02. The van der Waals surface area contributed by atoms with Crippen LogP contribution in [0.3, 0.4) is 0 Å². The molecule has 80 valence electrons. The summed E-state index contributed by atoms with van der Waals surface area (Å²) in [4.78, 5) is 15.4. The van der Waals surface area contributed by atoms with Crippen molar-refractivity contribution in [3.8, 4) is 0 Å². The van der Waals surface area contributed by atoms with Crippen LogP contribution in [0.25, 0.3) is 0 Å². The van der Waals surface area contributed by atoms with Crippen LogP contribution in [-0.4, -0.2) is 17.6 Å². The maximum atomic E-state index is 11.5. The second-order valence-corrected chi connectivity index (χ2v) is 4.30. The summed E-state index contributed by atoms with van der Waals surface area (Å²) in [5.41, 5.74) is 0.0878. The molecule has 0 unspecified atom stereocenters. The number of pyridine rings is 1. The maximum Gasteiger partial charge on any atom is 0.358 e. The summed E-state index contributed by atoms with van der Waals surface area (Å²) < 4.78 is 5.04. The van der Waals surface area contributed by atoms with Gasteiger partial charge >= 0.3 is 5.97 Å². The Bertz CT molecular complexity index is 391. The lowest BCUT2D eigenvalue weighted by atomic mass is 10.3. The Hall–Kier alpha value is -0.800. The second-order valence-electron chi connectivity index (χ2n) is 3.51. The van der Waals surface area contributed by atoms with E-state index in [9.17, 15) is 4.79 Å². The molecule has 0 aromatic carbocycles. The number of esters is 1. The molecule has 1 heterocycles. The van der Waals surface area contributed by atoms with Crippen molar-refractivity contribution >= 4 is 29.2 Å². The summed E-state index contributed by atoms with van der Waals surface area (Å²) in [7, 11) is 0. The molecule has 0 amide bonds. The molecule has 15 heavy (non-hydrogen) atoms. The lowest BCUT2D eigenvalue weighted by molar-refractivity contribution is 0.0479. The number of ether oxygens (including phenoxy) is 1. The fourth-order valence-electron chi connectivity index (χ4n) is 1.11. The van der Waals surface area contributed by atoms with Gasteiger partial charge in [0.2, 0.25) is 0 Å². The Kier molecular flexibility index (Phi) is 3.12. The van der Waals surface area contributed by atoms with E-state index in [0.717, 1.165) is 12.8 Å². The largest absolute Gasteiger partial charge is 0.461 e. The van der Waals surface area contributed by atoms with E-state index in [4.69, 9.17) is 27.9 Å². The Morgan fingerprint density at radius 3 is 2.87 bits per heavy atom. The Morgan fingerprint density at radius 2 is 2.20 bits per heavy atom. The summed E-state index contributed by atoms with van der Waals surface area (Å²) in [6.45, 7) is 0.448. The van der Waals surface area contributed by atoms with Crippen LogP contribution in [-0.2, 0) is 4.74 Å². The van der Waals surface area contributed by atoms with Crippen molar-refractivity contribution in [2.75, 3.05) is 6.61 Å². The topological polar surface area (TPSA) is 39.2 Å². The van der Waals surface area contributed by atoms with Gasteiger partial charge < -0.3 is 4.74 Å². The molecule has 0 bridgehead atoms. The predicted molar refractivity (Wildman–Crippen MR) is 57.3 cm³/mol. The third kappa shape index (κ3) is 2.83. The highest BCUT2D eigenvalue weighted by molar-refractivity contribution is 6.34. The van der Waals surface area contributed by atoms with Crippen LogP contribution in [0.2, 0.25) is 10.2 Å². The average molecular weight is 246 g/mol. The standard InChI is InChI=1S/C10H9Cl2NO2/c11-7-3-4-8(12)13-9(7)10(14)15-5-6-1-2-6/h3-4,6H,1-2,5H2. The van der Waals surface area contributed by atoms with E-state index in [1.807, 2.05) is 0 Å². The van der Waals surface area contributed by atoms with Crippen molar-refractivity contribution in [1.82, 2.24) is 4.98 Å². The van der Waals surface area contributed by atoms with Gasteiger partial charge in [-0.05, 0) is 30.9 Å². The van der Waals surface area contributed by atoms with Crippen molar-refractivity contribution in [2.45, 2.75) is 12.8 Å². The highest BCUT2D eigenvalue weighted by atomic mass is 35.5. The van der Waals surface area contributed by atoms with Gasteiger partial charge in [-0.2, -0.15) is 0 Å². The molecule has 1 aliphatic carbocycles. The summed E-state index contributed by atoms with van der Waals surface area (Å²) >= 11 is 11.5. The van der Waals surface area contributed by atoms with Crippen LogP contribution < -0.4 is 0 Å². The smallest absolute Gasteiger partial charge is 0.358 e. The Balaban J connectivity index is 2.05. The molecule has 1 aromatic heterocycles. The summed E-state index contributed by atoms with van der Waals surface area (Å²) in [6.07, 6.45) is 2.26. The monoisotopic (exact) mass is 245 g/mol. The zero-order chi connectivity index (χ0) is 10.8. The van der Waals surface area contributed by atoms with Crippen LogP contribution in [0, 0.1) is 5.92 Å².